The van der Waals surface area contributed by atoms with Gasteiger partial charge in [-0.15, -0.1) is 0 Å². The molecule has 0 aliphatic heterocycles. The van der Waals surface area contributed by atoms with Gasteiger partial charge >= 0.3 is 0 Å². The Morgan fingerprint density at radius 1 is 1.20 bits per heavy atom. The summed E-state index contributed by atoms with van der Waals surface area (Å²) in [6.45, 7) is 4.08. The van der Waals surface area contributed by atoms with Gasteiger partial charge in [0.2, 0.25) is 0 Å². The van der Waals surface area contributed by atoms with E-state index in [2.05, 4.69) is 12.1 Å². The summed E-state index contributed by atoms with van der Waals surface area (Å²) in [5.74, 6) is 0. The Kier molecular flexibility index (Phi) is 4.34. The van der Waals surface area contributed by atoms with Crippen molar-refractivity contribution < 1.29 is 0 Å². The quantitative estimate of drug-likeness (QED) is 0.696. The van der Waals surface area contributed by atoms with E-state index in [0.717, 1.165) is 18.7 Å². The molecule has 0 amide bonds. The van der Waals surface area contributed by atoms with E-state index in [0.29, 0.717) is 12.1 Å². The molecule has 0 aromatic heterocycles. The van der Waals surface area contributed by atoms with Gasteiger partial charge in [0, 0.05) is 6.54 Å². The molecule has 1 aromatic carbocycles. The minimum absolute atomic E-state index is 0.441. The smallest absolute Gasteiger partial charge is 0.0991 e. The molecule has 0 aliphatic rings. The van der Waals surface area contributed by atoms with Crippen LogP contribution >= 0.6 is 0 Å². The van der Waals surface area contributed by atoms with Crippen LogP contribution in [0.25, 0.3) is 0 Å². The third-order valence-electron chi connectivity index (χ3n) is 2.23. The molecular formula is C12H13N3. The van der Waals surface area contributed by atoms with Crippen LogP contribution in [-0.2, 0) is 6.54 Å². The normalized spacial score (nSPS) is 9.60. The highest BCUT2D eigenvalue weighted by molar-refractivity contribution is 5.31. The molecule has 0 bridgehead atoms. The number of benzene rings is 1. The van der Waals surface area contributed by atoms with E-state index in [4.69, 9.17) is 10.5 Å². The largest absolute Gasteiger partial charge is 0.287 e. The second kappa shape index (κ2) is 5.80. The van der Waals surface area contributed by atoms with Crippen LogP contribution in [0.5, 0.6) is 0 Å². The predicted octanol–water partition coefficient (Wildman–Crippen LogP) is 1.90. The Morgan fingerprint density at radius 2 is 1.87 bits per heavy atom. The second-order valence-corrected chi connectivity index (χ2v) is 3.27. The monoisotopic (exact) mass is 199 g/mol. The summed E-state index contributed by atoms with van der Waals surface area (Å²) < 4.78 is 0. The highest BCUT2D eigenvalue weighted by atomic mass is 15.1. The fourth-order valence-corrected chi connectivity index (χ4v) is 1.32. The van der Waals surface area contributed by atoms with Gasteiger partial charge in [0.05, 0.1) is 24.2 Å². The second-order valence-electron chi connectivity index (χ2n) is 3.27. The van der Waals surface area contributed by atoms with Crippen LogP contribution in [0.4, 0.5) is 0 Å². The number of hydrogen-bond acceptors (Lipinski definition) is 3. The van der Waals surface area contributed by atoms with Crippen LogP contribution in [0.1, 0.15) is 18.1 Å². The first-order chi connectivity index (χ1) is 7.30. The maximum atomic E-state index is 8.64. The molecule has 0 radical (unpaired) electrons. The van der Waals surface area contributed by atoms with Crippen LogP contribution in [0.3, 0.4) is 0 Å². The summed E-state index contributed by atoms with van der Waals surface area (Å²) in [4.78, 5) is 2.04. The van der Waals surface area contributed by atoms with Crippen molar-refractivity contribution in [1.82, 2.24) is 4.90 Å². The van der Waals surface area contributed by atoms with Gasteiger partial charge in [0.25, 0.3) is 0 Å². The average molecular weight is 199 g/mol. The first-order valence-corrected chi connectivity index (χ1v) is 4.88. The van der Waals surface area contributed by atoms with E-state index in [9.17, 15) is 0 Å². The highest BCUT2D eigenvalue weighted by Crippen LogP contribution is 2.06. The summed E-state index contributed by atoms with van der Waals surface area (Å²) in [5, 5.41) is 17.2. The lowest BCUT2D eigenvalue weighted by Crippen LogP contribution is -2.22. The first kappa shape index (κ1) is 11.2. The van der Waals surface area contributed by atoms with Gasteiger partial charge in [0.15, 0.2) is 0 Å². The minimum Gasteiger partial charge on any atom is -0.287 e. The third kappa shape index (κ3) is 3.42. The molecule has 1 rings (SSSR count). The van der Waals surface area contributed by atoms with E-state index in [1.807, 2.05) is 24.0 Å². The molecule has 15 heavy (non-hydrogen) atoms. The van der Waals surface area contributed by atoms with E-state index in [1.165, 1.54) is 0 Å². The van der Waals surface area contributed by atoms with E-state index < -0.39 is 0 Å². The average Bonchev–Trinajstić information content (AvgIpc) is 2.29. The van der Waals surface area contributed by atoms with E-state index in [-0.39, 0.29) is 0 Å². The number of hydrogen-bond donors (Lipinski definition) is 0. The minimum atomic E-state index is 0.441. The molecule has 0 aliphatic carbocycles. The van der Waals surface area contributed by atoms with Crippen molar-refractivity contribution in [3.05, 3.63) is 35.4 Å². The molecule has 0 spiro atoms. The molecule has 0 unspecified atom stereocenters. The lowest BCUT2D eigenvalue weighted by Gasteiger charge is -2.16. The van der Waals surface area contributed by atoms with Gasteiger partial charge in [0.1, 0.15) is 0 Å². The summed E-state index contributed by atoms with van der Waals surface area (Å²) in [6.07, 6.45) is 0. The molecule has 0 heterocycles. The zero-order valence-corrected chi connectivity index (χ0v) is 8.77. The molecule has 0 atom stereocenters. The fourth-order valence-electron chi connectivity index (χ4n) is 1.32. The molecule has 76 valence electrons. The zero-order chi connectivity index (χ0) is 11.1. The third-order valence-corrected chi connectivity index (χ3v) is 2.23. The van der Waals surface area contributed by atoms with Crippen LogP contribution in [0.15, 0.2) is 24.3 Å². The first-order valence-electron chi connectivity index (χ1n) is 4.88. The molecule has 0 N–H and O–H groups in total. The van der Waals surface area contributed by atoms with Crippen LogP contribution in [-0.4, -0.2) is 18.0 Å². The molecule has 3 nitrogen and oxygen atoms in total. The topological polar surface area (TPSA) is 50.8 Å². The summed E-state index contributed by atoms with van der Waals surface area (Å²) in [7, 11) is 0. The van der Waals surface area contributed by atoms with Crippen molar-refractivity contribution in [2.75, 3.05) is 13.1 Å². The van der Waals surface area contributed by atoms with Crippen molar-refractivity contribution in [3.8, 4) is 12.1 Å². The Bertz CT molecular complexity index is 381. The van der Waals surface area contributed by atoms with Gasteiger partial charge in [-0.25, -0.2) is 0 Å². The van der Waals surface area contributed by atoms with Crippen molar-refractivity contribution in [2.45, 2.75) is 13.5 Å². The molecular weight excluding hydrogens is 186 g/mol. The number of rotatable bonds is 4. The Labute approximate surface area is 90.2 Å². The van der Waals surface area contributed by atoms with Gasteiger partial charge in [-0.3, -0.25) is 4.90 Å². The van der Waals surface area contributed by atoms with Gasteiger partial charge in [-0.05, 0) is 24.2 Å². The molecule has 3 heteroatoms. The van der Waals surface area contributed by atoms with Gasteiger partial charge < -0.3 is 0 Å². The molecule has 0 fully saturated rings. The summed E-state index contributed by atoms with van der Waals surface area (Å²) in [5.41, 5.74) is 1.80. The molecule has 0 saturated heterocycles. The maximum absolute atomic E-state index is 8.64. The number of nitrogens with zero attached hydrogens (tertiary/aromatic N) is 3. The lowest BCUT2D eigenvalue weighted by molar-refractivity contribution is 0.315. The van der Waals surface area contributed by atoms with E-state index in [1.54, 1.807) is 12.1 Å². The maximum Gasteiger partial charge on any atom is 0.0991 e. The summed E-state index contributed by atoms with van der Waals surface area (Å²) in [6, 6.07) is 11.7. The fraction of sp³-hybridized carbons (Fsp3) is 0.333. The Balaban J connectivity index is 2.64. The molecule has 0 saturated carbocycles. The zero-order valence-electron chi connectivity index (χ0n) is 8.77. The predicted molar refractivity (Wildman–Crippen MR) is 57.7 cm³/mol. The lowest BCUT2D eigenvalue weighted by atomic mass is 10.1. The standard InChI is InChI=1S/C12H13N3/c1-2-15(8-7-13)10-12-5-3-11(9-14)4-6-12/h3-6H,2,8,10H2,1H3. The van der Waals surface area contributed by atoms with Crippen molar-refractivity contribution in [2.24, 2.45) is 0 Å². The highest BCUT2D eigenvalue weighted by Gasteiger charge is 2.02. The van der Waals surface area contributed by atoms with Crippen molar-refractivity contribution in [1.29, 1.82) is 10.5 Å². The Hall–Kier alpha value is -1.84. The van der Waals surface area contributed by atoms with Gasteiger partial charge in [-0.1, -0.05) is 19.1 Å². The SMILES string of the molecule is CCN(CC#N)Cc1ccc(C#N)cc1. The van der Waals surface area contributed by atoms with Crippen molar-refractivity contribution >= 4 is 0 Å². The van der Waals surface area contributed by atoms with Crippen LogP contribution < -0.4 is 0 Å². The van der Waals surface area contributed by atoms with Crippen LogP contribution in [0.2, 0.25) is 0 Å². The Morgan fingerprint density at radius 3 is 2.33 bits per heavy atom. The van der Waals surface area contributed by atoms with Gasteiger partial charge in [-0.2, -0.15) is 10.5 Å². The number of nitriles is 2. The van der Waals surface area contributed by atoms with Crippen molar-refractivity contribution in [3.63, 3.8) is 0 Å². The van der Waals surface area contributed by atoms with Crippen LogP contribution in [0, 0.1) is 22.7 Å². The summed E-state index contributed by atoms with van der Waals surface area (Å²) >= 11 is 0. The van der Waals surface area contributed by atoms with E-state index >= 15 is 0 Å². The molecule has 1 aromatic rings.